The fourth-order valence-corrected chi connectivity index (χ4v) is 2.74. The number of amides is 1. The number of hydrogen-bond donors (Lipinski definition) is 2. The maximum atomic E-state index is 11.5. The molecule has 0 heterocycles. The van der Waals surface area contributed by atoms with E-state index < -0.39 is 0 Å². The lowest BCUT2D eigenvalue weighted by Gasteiger charge is -2.07. The van der Waals surface area contributed by atoms with Gasteiger partial charge in [-0.25, -0.2) is 0 Å². The van der Waals surface area contributed by atoms with Crippen LogP contribution in [0.25, 0.3) is 0 Å². The summed E-state index contributed by atoms with van der Waals surface area (Å²) in [6, 6.07) is 12.8. The zero-order valence-electron chi connectivity index (χ0n) is 10.3. The molecule has 0 unspecified atom stereocenters. The lowest BCUT2D eigenvalue weighted by molar-refractivity contribution is 0.0963. The lowest BCUT2D eigenvalue weighted by atomic mass is 10.2. The molecule has 0 aliphatic carbocycles. The second-order valence-electron chi connectivity index (χ2n) is 3.89. The Hall–Kier alpha value is -1.65. The average molecular weight is 293 g/mol. The summed E-state index contributed by atoms with van der Waals surface area (Å²) in [5.74, 6) is -0.147. The minimum Gasteiger partial charge on any atom is -0.398 e. The van der Waals surface area contributed by atoms with Crippen LogP contribution in [0.1, 0.15) is 10.4 Å². The molecule has 0 spiro atoms. The number of rotatable bonds is 3. The molecule has 1 amide bonds. The van der Waals surface area contributed by atoms with Crippen molar-refractivity contribution in [3.8, 4) is 0 Å². The molecule has 0 atom stereocenters. The van der Waals surface area contributed by atoms with E-state index in [0.717, 1.165) is 9.79 Å². The summed E-state index contributed by atoms with van der Waals surface area (Å²) in [4.78, 5) is 13.4. The van der Waals surface area contributed by atoms with Gasteiger partial charge in [-0.3, -0.25) is 4.79 Å². The SMILES string of the molecule is CNC(=O)c1ccc(Sc2cccc(Cl)c2)c(N)c1. The van der Waals surface area contributed by atoms with Crippen molar-refractivity contribution in [1.29, 1.82) is 0 Å². The van der Waals surface area contributed by atoms with E-state index in [1.807, 2.05) is 30.3 Å². The first kappa shape index (κ1) is 13.8. The van der Waals surface area contributed by atoms with Crippen molar-refractivity contribution in [2.45, 2.75) is 9.79 Å². The quantitative estimate of drug-likeness (QED) is 0.852. The second kappa shape index (κ2) is 5.99. The van der Waals surface area contributed by atoms with E-state index in [4.69, 9.17) is 17.3 Å². The number of carbonyl (C=O) groups is 1. The van der Waals surface area contributed by atoms with E-state index in [0.29, 0.717) is 16.3 Å². The Labute approximate surface area is 121 Å². The molecule has 0 fully saturated rings. The highest BCUT2D eigenvalue weighted by Gasteiger charge is 2.07. The summed E-state index contributed by atoms with van der Waals surface area (Å²) >= 11 is 7.45. The fourth-order valence-electron chi connectivity index (χ4n) is 1.58. The highest BCUT2D eigenvalue weighted by atomic mass is 35.5. The van der Waals surface area contributed by atoms with Gasteiger partial charge in [-0.05, 0) is 36.4 Å². The van der Waals surface area contributed by atoms with Crippen molar-refractivity contribution in [2.24, 2.45) is 0 Å². The molecule has 2 aromatic rings. The van der Waals surface area contributed by atoms with Gasteiger partial charge in [-0.2, -0.15) is 0 Å². The Bertz CT molecular complexity index is 616. The monoisotopic (exact) mass is 292 g/mol. The van der Waals surface area contributed by atoms with E-state index in [-0.39, 0.29) is 5.91 Å². The van der Waals surface area contributed by atoms with Crippen LogP contribution in [-0.2, 0) is 0 Å². The molecule has 0 saturated carbocycles. The molecule has 0 bridgehead atoms. The number of anilines is 1. The van der Waals surface area contributed by atoms with Crippen molar-refractivity contribution in [2.75, 3.05) is 12.8 Å². The van der Waals surface area contributed by atoms with E-state index in [2.05, 4.69) is 5.32 Å². The summed E-state index contributed by atoms with van der Waals surface area (Å²) in [5, 5.41) is 3.25. The van der Waals surface area contributed by atoms with Crippen LogP contribution in [0.2, 0.25) is 5.02 Å². The molecule has 0 saturated heterocycles. The third-order valence-corrected chi connectivity index (χ3v) is 3.84. The van der Waals surface area contributed by atoms with Gasteiger partial charge in [0.15, 0.2) is 0 Å². The zero-order valence-corrected chi connectivity index (χ0v) is 11.9. The van der Waals surface area contributed by atoms with Gasteiger partial charge < -0.3 is 11.1 Å². The first-order valence-electron chi connectivity index (χ1n) is 5.65. The number of halogens is 1. The Morgan fingerprint density at radius 2 is 2.05 bits per heavy atom. The third-order valence-electron chi connectivity index (χ3n) is 2.52. The standard InChI is InChI=1S/C14H13ClN2OS/c1-17-14(18)9-5-6-13(12(16)7-9)19-11-4-2-3-10(15)8-11/h2-8H,16H2,1H3,(H,17,18). The van der Waals surface area contributed by atoms with Gasteiger partial charge in [0.25, 0.3) is 5.91 Å². The number of carbonyl (C=O) groups excluding carboxylic acids is 1. The van der Waals surface area contributed by atoms with Crippen LogP contribution in [-0.4, -0.2) is 13.0 Å². The fraction of sp³-hybridized carbons (Fsp3) is 0.0714. The minimum atomic E-state index is -0.147. The summed E-state index contributed by atoms with van der Waals surface area (Å²) in [6.07, 6.45) is 0. The van der Waals surface area contributed by atoms with E-state index >= 15 is 0 Å². The number of benzene rings is 2. The molecule has 5 heteroatoms. The van der Waals surface area contributed by atoms with E-state index in [9.17, 15) is 4.79 Å². The molecule has 2 rings (SSSR count). The van der Waals surface area contributed by atoms with Gasteiger partial charge in [0.05, 0.1) is 0 Å². The highest BCUT2D eigenvalue weighted by Crippen LogP contribution is 2.33. The minimum absolute atomic E-state index is 0.147. The summed E-state index contributed by atoms with van der Waals surface area (Å²) in [7, 11) is 1.59. The van der Waals surface area contributed by atoms with E-state index in [1.54, 1.807) is 19.2 Å². The first-order chi connectivity index (χ1) is 9.10. The Morgan fingerprint density at radius 3 is 2.68 bits per heavy atom. The highest BCUT2D eigenvalue weighted by molar-refractivity contribution is 7.99. The zero-order chi connectivity index (χ0) is 13.8. The molecule has 3 nitrogen and oxygen atoms in total. The number of nitrogens with one attached hydrogen (secondary N) is 1. The number of nitrogen functional groups attached to an aromatic ring is 1. The van der Waals surface area contributed by atoms with Crippen molar-refractivity contribution < 1.29 is 4.79 Å². The van der Waals surface area contributed by atoms with Gasteiger partial charge in [0.2, 0.25) is 0 Å². The van der Waals surface area contributed by atoms with Crippen molar-refractivity contribution in [1.82, 2.24) is 5.32 Å². The predicted molar refractivity (Wildman–Crippen MR) is 79.8 cm³/mol. The third kappa shape index (κ3) is 3.43. The van der Waals surface area contributed by atoms with Crippen LogP contribution in [0.5, 0.6) is 0 Å². The smallest absolute Gasteiger partial charge is 0.251 e. The van der Waals surface area contributed by atoms with Crippen LogP contribution in [0.3, 0.4) is 0 Å². The predicted octanol–water partition coefficient (Wildman–Crippen LogP) is 3.43. The van der Waals surface area contributed by atoms with Gasteiger partial charge in [0.1, 0.15) is 0 Å². The summed E-state index contributed by atoms with van der Waals surface area (Å²) in [5.41, 5.74) is 7.09. The molecule has 0 aliphatic heterocycles. The van der Waals surface area contributed by atoms with Gasteiger partial charge >= 0.3 is 0 Å². The first-order valence-corrected chi connectivity index (χ1v) is 6.84. The van der Waals surface area contributed by atoms with Gasteiger partial charge in [0, 0.05) is 33.1 Å². The Balaban J connectivity index is 2.24. The Morgan fingerprint density at radius 1 is 1.26 bits per heavy atom. The van der Waals surface area contributed by atoms with Crippen LogP contribution >= 0.6 is 23.4 Å². The topological polar surface area (TPSA) is 55.1 Å². The summed E-state index contributed by atoms with van der Waals surface area (Å²) < 4.78 is 0. The molecule has 0 aliphatic rings. The van der Waals surface area contributed by atoms with Crippen LogP contribution < -0.4 is 11.1 Å². The molecule has 98 valence electrons. The molecule has 3 N–H and O–H groups in total. The molecule has 0 radical (unpaired) electrons. The van der Waals surface area contributed by atoms with Crippen molar-refractivity contribution >= 4 is 35.0 Å². The van der Waals surface area contributed by atoms with Gasteiger partial charge in [-0.1, -0.05) is 29.4 Å². The average Bonchev–Trinajstić information content (AvgIpc) is 2.40. The number of nitrogens with two attached hydrogens (primary N) is 1. The van der Waals surface area contributed by atoms with E-state index in [1.165, 1.54) is 11.8 Å². The molecule has 0 aromatic heterocycles. The van der Waals surface area contributed by atoms with Crippen molar-refractivity contribution in [3.63, 3.8) is 0 Å². The second-order valence-corrected chi connectivity index (χ2v) is 5.44. The summed E-state index contributed by atoms with van der Waals surface area (Å²) in [6.45, 7) is 0. The van der Waals surface area contributed by atoms with Crippen molar-refractivity contribution in [3.05, 3.63) is 53.1 Å². The number of hydrogen-bond acceptors (Lipinski definition) is 3. The van der Waals surface area contributed by atoms with Crippen LogP contribution in [0.4, 0.5) is 5.69 Å². The van der Waals surface area contributed by atoms with Gasteiger partial charge in [-0.15, -0.1) is 0 Å². The normalized spacial score (nSPS) is 10.2. The Kier molecular flexibility index (Phi) is 4.35. The van der Waals surface area contributed by atoms with Crippen LogP contribution in [0, 0.1) is 0 Å². The lowest BCUT2D eigenvalue weighted by Crippen LogP contribution is -2.17. The van der Waals surface area contributed by atoms with Crippen LogP contribution in [0.15, 0.2) is 52.3 Å². The molecule has 2 aromatic carbocycles. The largest absolute Gasteiger partial charge is 0.398 e. The molecular weight excluding hydrogens is 280 g/mol. The molecular formula is C14H13ClN2OS. The molecule has 19 heavy (non-hydrogen) atoms. The maximum absolute atomic E-state index is 11.5. The maximum Gasteiger partial charge on any atom is 0.251 e.